The number of fused-ring (bicyclic) bond motifs is 2. The highest BCUT2D eigenvalue weighted by Crippen LogP contribution is 2.46. The van der Waals surface area contributed by atoms with Gasteiger partial charge in [-0.15, -0.1) is 0 Å². The van der Waals surface area contributed by atoms with Crippen molar-refractivity contribution < 1.29 is 9.59 Å². The van der Waals surface area contributed by atoms with Gasteiger partial charge >= 0.3 is 0 Å². The van der Waals surface area contributed by atoms with Crippen LogP contribution in [0.3, 0.4) is 0 Å². The number of hydrogen-bond donors (Lipinski definition) is 0. The number of ketones is 1. The van der Waals surface area contributed by atoms with E-state index in [0.29, 0.717) is 11.7 Å². The number of Topliss-reactive ketones (excluding diaryl/α,β-unsaturated/α-hetero) is 1. The molecule has 0 saturated heterocycles. The average Bonchev–Trinajstić information content (AvgIpc) is 2.60. The lowest BCUT2D eigenvalue weighted by molar-refractivity contribution is -0.138. The molecular formula is C10H15NO2. The fourth-order valence-corrected chi connectivity index (χ4v) is 2.71. The van der Waals surface area contributed by atoms with Crippen LogP contribution in [-0.2, 0) is 9.59 Å². The molecule has 2 bridgehead atoms. The van der Waals surface area contributed by atoms with E-state index < -0.39 is 0 Å². The lowest BCUT2D eigenvalue weighted by Gasteiger charge is -2.23. The van der Waals surface area contributed by atoms with Crippen LogP contribution in [-0.4, -0.2) is 30.7 Å². The van der Waals surface area contributed by atoms with E-state index in [2.05, 4.69) is 0 Å². The van der Waals surface area contributed by atoms with Gasteiger partial charge in [-0.25, -0.2) is 0 Å². The first kappa shape index (κ1) is 8.73. The lowest BCUT2D eigenvalue weighted by Crippen LogP contribution is -2.35. The van der Waals surface area contributed by atoms with Crippen molar-refractivity contribution in [2.24, 2.45) is 17.8 Å². The molecule has 0 aromatic heterocycles. The minimum absolute atomic E-state index is 0.00116. The summed E-state index contributed by atoms with van der Waals surface area (Å²) in [4.78, 5) is 24.7. The van der Waals surface area contributed by atoms with Crippen LogP contribution >= 0.6 is 0 Å². The van der Waals surface area contributed by atoms with Crippen LogP contribution in [0.25, 0.3) is 0 Å². The SMILES string of the molecule is CN(C)C(=O)[C@H]1C[C@H]2CC(=O)[C@H]1C2. The minimum atomic E-state index is 0.00116. The van der Waals surface area contributed by atoms with E-state index in [1.807, 2.05) is 0 Å². The zero-order chi connectivity index (χ0) is 9.59. The van der Waals surface area contributed by atoms with Gasteiger partial charge in [0.05, 0.1) is 0 Å². The highest BCUT2D eigenvalue weighted by molar-refractivity contribution is 5.91. The van der Waals surface area contributed by atoms with E-state index in [-0.39, 0.29) is 17.7 Å². The summed E-state index contributed by atoms with van der Waals surface area (Å²) in [5.74, 6) is 1.02. The molecule has 2 aliphatic rings. The van der Waals surface area contributed by atoms with Crippen molar-refractivity contribution in [3.63, 3.8) is 0 Å². The number of nitrogens with zero attached hydrogens (tertiary/aromatic N) is 1. The van der Waals surface area contributed by atoms with E-state index in [4.69, 9.17) is 0 Å². The Morgan fingerprint density at radius 1 is 1.38 bits per heavy atom. The van der Waals surface area contributed by atoms with Crippen LogP contribution in [0.4, 0.5) is 0 Å². The molecule has 0 N–H and O–H groups in total. The maximum absolute atomic E-state index is 11.7. The molecule has 0 heterocycles. The Morgan fingerprint density at radius 2 is 2.08 bits per heavy atom. The fourth-order valence-electron chi connectivity index (χ4n) is 2.71. The van der Waals surface area contributed by atoms with Gasteiger partial charge in [0.25, 0.3) is 0 Å². The van der Waals surface area contributed by atoms with Crippen LogP contribution in [0.5, 0.6) is 0 Å². The van der Waals surface area contributed by atoms with Crippen molar-refractivity contribution in [1.29, 1.82) is 0 Å². The molecule has 3 nitrogen and oxygen atoms in total. The van der Waals surface area contributed by atoms with E-state index in [9.17, 15) is 9.59 Å². The predicted molar refractivity (Wildman–Crippen MR) is 48.0 cm³/mol. The normalized spacial score (nSPS) is 36.8. The molecule has 3 atom stereocenters. The second-order valence-corrected chi connectivity index (χ2v) is 4.45. The number of rotatable bonds is 1. The summed E-state index contributed by atoms with van der Waals surface area (Å²) >= 11 is 0. The van der Waals surface area contributed by atoms with Gasteiger partial charge in [-0.05, 0) is 18.8 Å². The molecule has 0 aromatic rings. The Balaban J connectivity index is 2.11. The van der Waals surface area contributed by atoms with Crippen molar-refractivity contribution in [1.82, 2.24) is 4.90 Å². The van der Waals surface area contributed by atoms with E-state index >= 15 is 0 Å². The summed E-state index contributed by atoms with van der Waals surface area (Å²) in [5.41, 5.74) is 0. The second kappa shape index (κ2) is 2.82. The van der Waals surface area contributed by atoms with Crippen molar-refractivity contribution in [2.75, 3.05) is 14.1 Å². The summed E-state index contributed by atoms with van der Waals surface area (Å²) < 4.78 is 0. The van der Waals surface area contributed by atoms with Gasteiger partial charge in [0.2, 0.25) is 5.91 Å². The van der Waals surface area contributed by atoms with Crippen LogP contribution < -0.4 is 0 Å². The molecule has 2 saturated carbocycles. The number of hydrogen-bond acceptors (Lipinski definition) is 2. The smallest absolute Gasteiger partial charge is 0.225 e. The topological polar surface area (TPSA) is 37.4 Å². The average molecular weight is 181 g/mol. The number of carbonyl (C=O) groups excluding carboxylic acids is 2. The molecule has 13 heavy (non-hydrogen) atoms. The standard InChI is InChI=1S/C10H15NO2/c1-11(2)10(13)8-4-6-3-7(8)9(12)5-6/h6-8H,3-5H2,1-2H3/t6-,7-,8-/m0/s1. The first-order valence-electron chi connectivity index (χ1n) is 4.83. The largest absolute Gasteiger partial charge is 0.349 e. The van der Waals surface area contributed by atoms with Gasteiger partial charge in [-0.3, -0.25) is 9.59 Å². The van der Waals surface area contributed by atoms with E-state index in [0.717, 1.165) is 19.3 Å². The fraction of sp³-hybridized carbons (Fsp3) is 0.800. The number of amides is 1. The molecule has 0 radical (unpaired) electrons. The second-order valence-electron chi connectivity index (χ2n) is 4.45. The molecule has 1 amide bonds. The van der Waals surface area contributed by atoms with Gasteiger partial charge in [0.15, 0.2) is 0 Å². The van der Waals surface area contributed by atoms with Crippen LogP contribution in [0.1, 0.15) is 19.3 Å². The Bertz CT molecular complexity index is 260. The highest BCUT2D eigenvalue weighted by atomic mass is 16.2. The van der Waals surface area contributed by atoms with Crippen LogP contribution in [0.15, 0.2) is 0 Å². The molecule has 0 spiro atoms. The zero-order valence-electron chi connectivity index (χ0n) is 8.12. The monoisotopic (exact) mass is 181 g/mol. The third-order valence-corrected chi connectivity index (χ3v) is 3.32. The Morgan fingerprint density at radius 3 is 2.54 bits per heavy atom. The molecule has 2 aliphatic carbocycles. The van der Waals surface area contributed by atoms with Gasteiger partial charge in [-0.1, -0.05) is 0 Å². The van der Waals surface area contributed by atoms with Crippen molar-refractivity contribution in [2.45, 2.75) is 19.3 Å². The van der Waals surface area contributed by atoms with Crippen LogP contribution in [0.2, 0.25) is 0 Å². The van der Waals surface area contributed by atoms with E-state index in [1.54, 1.807) is 19.0 Å². The van der Waals surface area contributed by atoms with Crippen molar-refractivity contribution in [3.8, 4) is 0 Å². The molecule has 2 rings (SSSR count). The van der Waals surface area contributed by atoms with Gasteiger partial charge in [0, 0.05) is 32.4 Å². The summed E-state index contributed by atoms with van der Waals surface area (Å²) in [7, 11) is 3.53. The first-order chi connectivity index (χ1) is 6.09. The van der Waals surface area contributed by atoms with E-state index in [1.165, 1.54) is 0 Å². The predicted octanol–water partition coefficient (Wildman–Crippen LogP) is 0.690. The molecule has 3 heteroatoms. The highest BCUT2D eigenvalue weighted by Gasteiger charge is 2.48. The summed E-state index contributed by atoms with van der Waals surface area (Å²) in [5, 5.41) is 0. The third-order valence-electron chi connectivity index (χ3n) is 3.32. The number of carbonyl (C=O) groups is 2. The minimum Gasteiger partial charge on any atom is -0.349 e. The molecular weight excluding hydrogens is 166 g/mol. The maximum atomic E-state index is 11.7. The quantitative estimate of drug-likeness (QED) is 0.597. The molecule has 2 fully saturated rings. The first-order valence-corrected chi connectivity index (χ1v) is 4.83. The molecule has 0 aromatic carbocycles. The molecule has 0 unspecified atom stereocenters. The Labute approximate surface area is 78.1 Å². The maximum Gasteiger partial charge on any atom is 0.225 e. The van der Waals surface area contributed by atoms with Gasteiger partial charge < -0.3 is 4.90 Å². The zero-order valence-corrected chi connectivity index (χ0v) is 8.12. The lowest BCUT2D eigenvalue weighted by atomic mass is 9.87. The van der Waals surface area contributed by atoms with Gasteiger partial charge in [-0.2, -0.15) is 0 Å². The summed E-state index contributed by atoms with van der Waals surface area (Å²) in [6, 6.07) is 0. The third kappa shape index (κ3) is 1.26. The summed E-state index contributed by atoms with van der Waals surface area (Å²) in [6.07, 6.45) is 2.62. The Kier molecular flexibility index (Phi) is 1.90. The van der Waals surface area contributed by atoms with Crippen molar-refractivity contribution in [3.05, 3.63) is 0 Å². The summed E-state index contributed by atoms with van der Waals surface area (Å²) in [6.45, 7) is 0. The molecule has 0 aliphatic heterocycles. The van der Waals surface area contributed by atoms with Crippen LogP contribution in [0, 0.1) is 17.8 Å². The molecule has 72 valence electrons. The Hall–Kier alpha value is -0.860. The van der Waals surface area contributed by atoms with Crippen molar-refractivity contribution >= 4 is 11.7 Å². The van der Waals surface area contributed by atoms with Gasteiger partial charge in [0.1, 0.15) is 5.78 Å².